The van der Waals surface area contributed by atoms with Crippen LogP contribution in [0.1, 0.15) is 10.4 Å². The van der Waals surface area contributed by atoms with E-state index in [4.69, 9.17) is 0 Å². The zero-order valence-corrected chi connectivity index (χ0v) is 7.65. The summed E-state index contributed by atoms with van der Waals surface area (Å²) in [5, 5.41) is 0.909. The number of benzene rings is 1. The average molecular weight is 186 g/mol. The molecule has 0 N–H and O–H groups in total. The van der Waals surface area contributed by atoms with E-state index in [0.29, 0.717) is 5.56 Å². The van der Waals surface area contributed by atoms with Crippen molar-refractivity contribution in [3.05, 3.63) is 42.1 Å². The van der Waals surface area contributed by atoms with Crippen LogP contribution in [-0.4, -0.2) is 18.1 Å². The van der Waals surface area contributed by atoms with Crippen molar-refractivity contribution in [2.45, 2.75) is 0 Å². The topological polar surface area (TPSA) is 39.2 Å². The second kappa shape index (κ2) is 3.46. The molecule has 14 heavy (non-hydrogen) atoms. The summed E-state index contributed by atoms with van der Waals surface area (Å²) in [5.41, 5.74) is 1.17. The Morgan fingerprint density at radius 1 is 1.43 bits per heavy atom. The summed E-state index contributed by atoms with van der Waals surface area (Å²) >= 11 is 0. The van der Waals surface area contributed by atoms with Gasteiger partial charge in [-0.3, -0.25) is 0 Å². The molecule has 2 rings (SSSR count). The quantitative estimate of drug-likeness (QED) is 0.638. The maximum atomic E-state index is 11.2. The van der Waals surface area contributed by atoms with Crippen LogP contribution in [0, 0.1) is 6.20 Å². The van der Waals surface area contributed by atoms with Crippen molar-refractivity contribution in [2.24, 2.45) is 0 Å². The second-order valence-electron chi connectivity index (χ2n) is 2.83. The number of fused-ring (bicyclic) bond motifs is 1. The molecule has 0 bridgehead atoms. The van der Waals surface area contributed by atoms with Crippen LogP contribution >= 0.6 is 0 Å². The van der Waals surface area contributed by atoms with Crippen molar-refractivity contribution in [3.8, 4) is 0 Å². The molecule has 3 heteroatoms. The van der Waals surface area contributed by atoms with Gasteiger partial charge in [0.15, 0.2) is 0 Å². The Balaban J connectivity index is 2.56. The maximum absolute atomic E-state index is 11.2. The molecule has 0 atom stereocenters. The summed E-state index contributed by atoms with van der Waals surface area (Å²) in [6, 6.07) is 9.26. The lowest BCUT2D eigenvalue weighted by atomic mass is 10.2. The van der Waals surface area contributed by atoms with Gasteiger partial charge in [0.05, 0.1) is 18.2 Å². The van der Waals surface area contributed by atoms with Gasteiger partial charge >= 0.3 is 5.97 Å². The Morgan fingerprint density at radius 2 is 2.21 bits per heavy atom. The zero-order valence-electron chi connectivity index (χ0n) is 7.65. The number of nitrogens with zero attached hydrogens (tertiary/aromatic N) is 1. The third-order valence-electron chi connectivity index (χ3n) is 1.94. The third-order valence-corrected chi connectivity index (χ3v) is 1.94. The van der Waals surface area contributed by atoms with E-state index in [1.165, 1.54) is 7.11 Å². The molecular formula is C11H8NO2. The first-order valence-corrected chi connectivity index (χ1v) is 4.17. The summed E-state index contributed by atoms with van der Waals surface area (Å²) in [5.74, 6) is -0.414. The lowest BCUT2D eigenvalue weighted by molar-refractivity contribution is 0.0600. The summed E-state index contributed by atoms with van der Waals surface area (Å²) in [6.07, 6.45) is 2.64. The van der Waals surface area contributed by atoms with Crippen molar-refractivity contribution in [3.63, 3.8) is 0 Å². The SMILES string of the molecule is COC(=O)c1[c]nc2ccccc2c1. The van der Waals surface area contributed by atoms with Crippen LogP contribution in [0.3, 0.4) is 0 Å². The third kappa shape index (κ3) is 1.44. The normalized spacial score (nSPS) is 10.1. The fraction of sp³-hybridized carbons (Fsp3) is 0.0909. The molecule has 1 aromatic heterocycles. The summed E-state index contributed by atoms with van der Waals surface area (Å²) in [6.45, 7) is 0. The number of hydrogen-bond acceptors (Lipinski definition) is 3. The molecule has 0 fully saturated rings. The number of hydrogen-bond donors (Lipinski definition) is 0. The smallest absolute Gasteiger partial charge is 0.340 e. The largest absolute Gasteiger partial charge is 0.465 e. The number of rotatable bonds is 1. The zero-order chi connectivity index (χ0) is 9.97. The Hall–Kier alpha value is -1.90. The molecule has 0 aliphatic heterocycles. The minimum absolute atomic E-state index is 0.353. The highest BCUT2D eigenvalue weighted by Gasteiger charge is 2.06. The lowest BCUT2D eigenvalue weighted by Crippen LogP contribution is -2.01. The van der Waals surface area contributed by atoms with Crippen molar-refractivity contribution < 1.29 is 9.53 Å². The molecule has 0 saturated carbocycles. The van der Waals surface area contributed by atoms with Gasteiger partial charge in [-0.1, -0.05) is 18.2 Å². The monoisotopic (exact) mass is 186 g/mol. The molecule has 3 nitrogen and oxygen atoms in total. The number of pyridine rings is 1. The van der Waals surface area contributed by atoms with Gasteiger partial charge in [-0.15, -0.1) is 0 Å². The fourth-order valence-corrected chi connectivity index (χ4v) is 1.23. The number of aromatic nitrogens is 1. The molecule has 1 aromatic carbocycles. The summed E-state index contributed by atoms with van der Waals surface area (Å²) in [4.78, 5) is 15.2. The van der Waals surface area contributed by atoms with Gasteiger partial charge < -0.3 is 4.74 Å². The highest BCUT2D eigenvalue weighted by molar-refractivity contribution is 5.93. The molecule has 1 radical (unpaired) electrons. The van der Waals surface area contributed by atoms with Crippen LogP contribution in [-0.2, 0) is 4.74 Å². The molecule has 0 aliphatic rings. The minimum Gasteiger partial charge on any atom is -0.465 e. The van der Waals surface area contributed by atoms with Gasteiger partial charge in [-0.05, 0) is 12.1 Å². The first-order chi connectivity index (χ1) is 6.81. The predicted octanol–water partition coefficient (Wildman–Crippen LogP) is 1.82. The van der Waals surface area contributed by atoms with Crippen LogP contribution < -0.4 is 0 Å². The van der Waals surface area contributed by atoms with Gasteiger partial charge in [0.1, 0.15) is 6.20 Å². The standard InChI is InChI=1S/C11H8NO2/c1-14-11(13)9-6-8-4-2-3-5-10(8)12-7-9/h2-6H,1H3. The molecule has 0 spiro atoms. The molecule has 69 valence electrons. The van der Waals surface area contributed by atoms with E-state index in [1.807, 2.05) is 24.3 Å². The fourth-order valence-electron chi connectivity index (χ4n) is 1.23. The number of methoxy groups -OCH3 is 1. The summed E-state index contributed by atoms with van der Waals surface area (Å²) in [7, 11) is 1.34. The maximum Gasteiger partial charge on any atom is 0.340 e. The van der Waals surface area contributed by atoms with Crippen molar-refractivity contribution in [2.75, 3.05) is 7.11 Å². The van der Waals surface area contributed by atoms with E-state index >= 15 is 0 Å². The van der Waals surface area contributed by atoms with Crippen LogP contribution in [0.4, 0.5) is 0 Å². The van der Waals surface area contributed by atoms with Crippen LogP contribution in [0.5, 0.6) is 0 Å². The number of carbonyl (C=O) groups is 1. The van der Waals surface area contributed by atoms with Gasteiger partial charge in [-0.25, -0.2) is 9.78 Å². The van der Waals surface area contributed by atoms with Crippen LogP contribution in [0.15, 0.2) is 30.3 Å². The van der Waals surface area contributed by atoms with Gasteiger partial charge in [0.2, 0.25) is 0 Å². The molecule has 0 unspecified atom stereocenters. The highest BCUT2D eigenvalue weighted by atomic mass is 16.5. The Bertz CT molecular complexity index is 479. The predicted molar refractivity (Wildman–Crippen MR) is 51.9 cm³/mol. The first kappa shape index (κ1) is 8.69. The Morgan fingerprint density at radius 3 is 3.00 bits per heavy atom. The van der Waals surface area contributed by atoms with Crippen LogP contribution in [0.2, 0.25) is 0 Å². The highest BCUT2D eigenvalue weighted by Crippen LogP contribution is 2.12. The van der Waals surface area contributed by atoms with Gasteiger partial charge in [0, 0.05) is 5.39 Å². The molecular weight excluding hydrogens is 178 g/mol. The number of ether oxygens (including phenoxy) is 1. The average Bonchev–Trinajstić information content (AvgIpc) is 2.27. The first-order valence-electron chi connectivity index (χ1n) is 4.17. The van der Waals surface area contributed by atoms with Crippen molar-refractivity contribution in [1.29, 1.82) is 0 Å². The molecule has 0 saturated heterocycles. The van der Waals surface area contributed by atoms with Gasteiger partial charge in [0.25, 0.3) is 0 Å². The molecule has 0 amide bonds. The van der Waals surface area contributed by atoms with E-state index in [0.717, 1.165) is 10.9 Å². The Labute approximate surface area is 81.3 Å². The van der Waals surface area contributed by atoms with E-state index in [1.54, 1.807) is 6.07 Å². The van der Waals surface area contributed by atoms with Crippen LogP contribution in [0.25, 0.3) is 10.9 Å². The lowest BCUT2D eigenvalue weighted by Gasteiger charge is -1.99. The minimum atomic E-state index is -0.414. The summed E-state index contributed by atoms with van der Waals surface area (Å²) < 4.78 is 4.57. The van der Waals surface area contributed by atoms with Crippen molar-refractivity contribution >= 4 is 16.9 Å². The van der Waals surface area contributed by atoms with E-state index in [-0.39, 0.29) is 0 Å². The molecule has 0 aliphatic carbocycles. The van der Waals surface area contributed by atoms with Crippen molar-refractivity contribution in [1.82, 2.24) is 4.98 Å². The molecule has 2 aromatic rings. The van der Waals surface area contributed by atoms with E-state index in [2.05, 4.69) is 15.9 Å². The Kier molecular flexibility index (Phi) is 2.14. The number of para-hydroxylation sites is 1. The number of carbonyl (C=O) groups excluding carboxylic acids is 1. The molecule has 1 heterocycles. The van der Waals surface area contributed by atoms with E-state index < -0.39 is 5.97 Å². The number of esters is 1. The van der Waals surface area contributed by atoms with E-state index in [9.17, 15) is 4.79 Å². The second-order valence-corrected chi connectivity index (χ2v) is 2.83. The van der Waals surface area contributed by atoms with Gasteiger partial charge in [-0.2, -0.15) is 0 Å².